The molecule has 21 heavy (non-hydrogen) atoms. The monoisotopic (exact) mass is 282 g/mol. The highest BCUT2D eigenvalue weighted by molar-refractivity contribution is 6.10. The summed E-state index contributed by atoms with van der Waals surface area (Å²) < 4.78 is 12.9. The van der Waals surface area contributed by atoms with E-state index in [0.29, 0.717) is 11.3 Å². The van der Waals surface area contributed by atoms with Crippen LogP contribution in [0.25, 0.3) is 5.69 Å². The summed E-state index contributed by atoms with van der Waals surface area (Å²) in [6, 6.07) is 14.3. The highest BCUT2D eigenvalue weighted by atomic mass is 19.1. The van der Waals surface area contributed by atoms with E-state index in [1.807, 2.05) is 6.07 Å². The molecule has 0 aliphatic heterocycles. The smallest absolute Gasteiger partial charge is 0.217 e. The van der Waals surface area contributed by atoms with E-state index >= 15 is 0 Å². The van der Waals surface area contributed by atoms with Gasteiger partial charge in [-0.1, -0.05) is 30.3 Å². The number of nitrogens with zero attached hydrogens (tertiary/aromatic N) is 3. The molecule has 3 rings (SSSR count). The number of halogens is 1. The molecule has 0 aliphatic carbocycles. The first-order valence-electron chi connectivity index (χ1n) is 6.23. The molecule has 1 aromatic heterocycles. The number of nitrogens with two attached hydrogens (primary N) is 1. The summed E-state index contributed by atoms with van der Waals surface area (Å²) in [6.07, 6.45) is 0. The quantitative estimate of drug-likeness (QED) is 0.747. The first kappa shape index (κ1) is 13.0. The van der Waals surface area contributed by atoms with E-state index in [2.05, 4.69) is 10.2 Å². The zero-order valence-corrected chi connectivity index (χ0v) is 10.9. The molecule has 0 fully saturated rings. The Morgan fingerprint density at radius 1 is 1.00 bits per heavy atom. The molecule has 6 heteroatoms. The van der Waals surface area contributed by atoms with Crippen LogP contribution < -0.4 is 5.73 Å². The Morgan fingerprint density at radius 3 is 2.33 bits per heavy atom. The number of ketones is 1. The van der Waals surface area contributed by atoms with Crippen molar-refractivity contribution < 1.29 is 9.18 Å². The van der Waals surface area contributed by atoms with Gasteiger partial charge in [0.2, 0.25) is 5.78 Å². The highest BCUT2D eigenvalue weighted by Gasteiger charge is 2.18. The van der Waals surface area contributed by atoms with Crippen molar-refractivity contribution in [1.29, 1.82) is 0 Å². The van der Waals surface area contributed by atoms with Crippen LogP contribution in [0.4, 0.5) is 10.2 Å². The molecule has 0 spiro atoms. The number of hydrogen-bond acceptors (Lipinski definition) is 4. The lowest BCUT2D eigenvalue weighted by molar-refractivity contribution is 0.103. The third kappa shape index (κ3) is 2.51. The second-order valence-electron chi connectivity index (χ2n) is 4.39. The number of hydrogen-bond donors (Lipinski definition) is 1. The zero-order valence-electron chi connectivity index (χ0n) is 10.9. The number of carbonyl (C=O) groups is 1. The fourth-order valence-electron chi connectivity index (χ4n) is 1.90. The van der Waals surface area contributed by atoms with Crippen molar-refractivity contribution in [2.24, 2.45) is 0 Å². The highest BCUT2D eigenvalue weighted by Crippen LogP contribution is 2.15. The fraction of sp³-hybridized carbons (Fsp3) is 0. The minimum atomic E-state index is -0.362. The number of nitrogen functional groups attached to an aromatic ring is 1. The molecule has 1 heterocycles. The van der Waals surface area contributed by atoms with Gasteiger partial charge >= 0.3 is 0 Å². The van der Waals surface area contributed by atoms with Crippen LogP contribution in [0.15, 0.2) is 54.6 Å². The van der Waals surface area contributed by atoms with Crippen LogP contribution in [0.1, 0.15) is 16.1 Å². The minimum Gasteiger partial charge on any atom is -0.380 e. The lowest BCUT2D eigenvalue weighted by atomic mass is 10.1. The number of benzene rings is 2. The van der Waals surface area contributed by atoms with Crippen molar-refractivity contribution in [1.82, 2.24) is 15.0 Å². The predicted octanol–water partition coefficient (Wildman–Crippen LogP) is 2.22. The number of rotatable bonds is 3. The lowest BCUT2D eigenvalue weighted by Gasteiger charge is -1.98. The number of carbonyl (C=O) groups excluding carboxylic acids is 1. The van der Waals surface area contributed by atoms with Crippen LogP contribution in [-0.2, 0) is 0 Å². The normalized spacial score (nSPS) is 10.5. The Kier molecular flexibility index (Phi) is 3.19. The molecule has 0 atom stereocenters. The van der Waals surface area contributed by atoms with Gasteiger partial charge in [-0.25, -0.2) is 4.39 Å². The maximum Gasteiger partial charge on any atom is 0.217 e. The molecular formula is C15H11FN4O. The van der Waals surface area contributed by atoms with Gasteiger partial charge < -0.3 is 5.73 Å². The van der Waals surface area contributed by atoms with Gasteiger partial charge in [0.05, 0.1) is 5.69 Å². The molecule has 0 bridgehead atoms. The molecule has 2 N–H and O–H groups in total. The standard InChI is InChI=1S/C15H11FN4O/c16-11-6-8-12(9-7-11)20-18-13(15(17)19-20)14(21)10-4-2-1-3-5-10/h1-9H,(H2,17,19). The molecule has 0 saturated carbocycles. The second-order valence-corrected chi connectivity index (χ2v) is 4.39. The van der Waals surface area contributed by atoms with Gasteiger partial charge in [-0.2, -0.15) is 0 Å². The topological polar surface area (TPSA) is 73.8 Å². The fourth-order valence-corrected chi connectivity index (χ4v) is 1.90. The molecule has 3 aromatic rings. The average molecular weight is 282 g/mol. The largest absolute Gasteiger partial charge is 0.380 e. The van der Waals surface area contributed by atoms with Crippen molar-refractivity contribution in [3.05, 3.63) is 71.7 Å². The van der Waals surface area contributed by atoms with Crippen molar-refractivity contribution in [3.8, 4) is 5.69 Å². The van der Waals surface area contributed by atoms with Gasteiger partial charge in [0.1, 0.15) is 5.82 Å². The van der Waals surface area contributed by atoms with Gasteiger partial charge in [0.25, 0.3) is 0 Å². The predicted molar refractivity (Wildman–Crippen MR) is 75.6 cm³/mol. The zero-order chi connectivity index (χ0) is 14.8. The van der Waals surface area contributed by atoms with Crippen LogP contribution in [0, 0.1) is 5.82 Å². The minimum absolute atomic E-state index is 0.0354. The van der Waals surface area contributed by atoms with Crippen LogP contribution in [0.3, 0.4) is 0 Å². The van der Waals surface area contributed by atoms with E-state index in [9.17, 15) is 9.18 Å². The van der Waals surface area contributed by atoms with E-state index in [0.717, 1.165) is 0 Å². The third-order valence-electron chi connectivity index (χ3n) is 2.95. The number of aromatic nitrogens is 3. The van der Waals surface area contributed by atoms with E-state index in [-0.39, 0.29) is 23.1 Å². The van der Waals surface area contributed by atoms with Crippen LogP contribution >= 0.6 is 0 Å². The average Bonchev–Trinajstić information content (AvgIpc) is 2.90. The summed E-state index contributed by atoms with van der Waals surface area (Å²) in [5.74, 6) is -0.630. The van der Waals surface area contributed by atoms with Crippen molar-refractivity contribution >= 4 is 11.6 Å². The SMILES string of the molecule is Nc1nn(-c2ccc(F)cc2)nc1C(=O)c1ccccc1. The number of anilines is 1. The van der Waals surface area contributed by atoms with Gasteiger partial charge in [-0.3, -0.25) is 4.79 Å². The van der Waals surface area contributed by atoms with Crippen LogP contribution in [-0.4, -0.2) is 20.8 Å². The van der Waals surface area contributed by atoms with E-state index in [1.54, 1.807) is 24.3 Å². The first-order valence-corrected chi connectivity index (χ1v) is 6.23. The summed E-state index contributed by atoms with van der Waals surface area (Å²) >= 11 is 0. The van der Waals surface area contributed by atoms with E-state index in [1.165, 1.54) is 29.1 Å². The molecule has 104 valence electrons. The summed E-state index contributed by atoms with van der Waals surface area (Å²) in [4.78, 5) is 13.5. The molecule has 2 aromatic carbocycles. The van der Waals surface area contributed by atoms with Crippen LogP contribution in [0.2, 0.25) is 0 Å². The van der Waals surface area contributed by atoms with Crippen molar-refractivity contribution in [2.75, 3.05) is 5.73 Å². The summed E-state index contributed by atoms with van der Waals surface area (Å²) in [6.45, 7) is 0. The Balaban J connectivity index is 1.98. The van der Waals surface area contributed by atoms with Crippen LogP contribution in [0.5, 0.6) is 0 Å². The van der Waals surface area contributed by atoms with Crippen molar-refractivity contribution in [2.45, 2.75) is 0 Å². The molecule has 0 unspecified atom stereocenters. The van der Waals surface area contributed by atoms with Gasteiger partial charge in [-0.05, 0) is 24.3 Å². The first-order chi connectivity index (χ1) is 10.1. The van der Waals surface area contributed by atoms with Gasteiger partial charge in [0.15, 0.2) is 11.5 Å². The molecule has 5 nitrogen and oxygen atoms in total. The lowest BCUT2D eigenvalue weighted by Crippen LogP contribution is -2.05. The third-order valence-corrected chi connectivity index (χ3v) is 2.95. The Labute approximate surface area is 119 Å². The molecule has 0 aliphatic rings. The van der Waals surface area contributed by atoms with E-state index in [4.69, 9.17) is 5.73 Å². The van der Waals surface area contributed by atoms with Gasteiger partial charge in [0, 0.05) is 5.56 Å². The summed E-state index contributed by atoms with van der Waals surface area (Å²) in [5.41, 5.74) is 6.84. The Morgan fingerprint density at radius 2 is 1.67 bits per heavy atom. The maximum atomic E-state index is 12.9. The second kappa shape index (κ2) is 5.16. The Hall–Kier alpha value is -3.02. The Bertz CT molecular complexity index is 781. The molecule has 0 radical (unpaired) electrons. The maximum absolute atomic E-state index is 12.9. The summed E-state index contributed by atoms with van der Waals surface area (Å²) in [5, 5.41) is 8.09. The summed E-state index contributed by atoms with van der Waals surface area (Å²) in [7, 11) is 0. The molecule has 0 saturated heterocycles. The van der Waals surface area contributed by atoms with E-state index < -0.39 is 0 Å². The molecular weight excluding hydrogens is 271 g/mol. The molecule has 0 amide bonds. The van der Waals surface area contributed by atoms with Gasteiger partial charge in [-0.15, -0.1) is 15.0 Å². The van der Waals surface area contributed by atoms with Crippen molar-refractivity contribution in [3.63, 3.8) is 0 Å².